The number of para-hydroxylation sites is 3. The molecule has 6 rings (SSSR count). The smallest absolute Gasteiger partial charge is 0.291 e. The lowest BCUT2D eigenvalue weighted by Crippen LogP contribution is -2.48. The zero-order valence-corrected chi connectivity index (χ0v) is 17.9. The van der Waals surface area contributed by atoms with Gasteiger partial charge in [0.1, 0.15) is 0 Å². The van der Waals surface area contributed by atoms with Gasteiger partial charge < -0.3 is 10.2 Å². The first kappa shape index (κ1) is 18.8. The van der Waals surface area contributed by atoms with E-state index in [0.717, 1.165) is 33.9 Å². The summed E-state index contributed by atoms with van der Waals surface area (Å²) >= 11 is 6.19. The number of aromatic nitrogens is 2. The van der Waals surface area contributed by atoms with Crippen molar-refractivity contribution in [1.29, 1.82) is 0 Å². The average Bonchev–Trinajstić information content (AvgIpc) is 3.15. The Balaban J connectivity index is 1.66. The van der Waals surface area contributed by atoms with Crippen molar-refractivity contribution in [2.24, 2.45) is 4.99 Å². The number of aliphatic imine (C=N–C) groups is 1. The van der Waals surface area contributed by atoms with Crippen molar-refractivity contribution >= 4 is 40.5 Å². The first-order valence-corrected chi connectivity index (χ1v) is 10.7. The maximum atomic E-state index is 13.2. The summed E-state index contributed by atoms with van der Waals surface area (Å²) in [6.45, 7) is 1.98. The van der Waals surface area contributed by atoms with Gasteiger partial charge in [-0.15, -0.1) is 0 Å². The average molecular weight is 440 g/mol. The normalized spacial score (nSPS) is 16.6. The summed E-state index contributed by atoms with van der Waals surface area (Å²) in [5, 5.41) is 8.45. The largest absolute Gasteiger partial charge is 0.317 e. The molecule has 0 spiro atoms. The van der Waals surface area contributed by atoms with E-state index in [0.29, 0.717) is 16.7 Å². The third-order valence-electron chi connectivity index (χ3n) is 5.85. The Labute approximate surface area is 189 Å². The molecule has 2 aliphatic rings. The number of carbonyl (C=O) groups excluding carboxylic acids is 1. The predicted molar refractivity (Wildman–Crippen MR) is 126 cm³/mol. The second-order valence-electron chi connectivity index (χ2n) is 7.80. The van der Waals surface area contributed by atoms with Crippen LogP contribution in [0.25, 0.3) is 5.69 Å². The van der Waals surface area contributed by atoms with E-state index >= 15 is 0 Å². The number of carbonyl (C=O) groups is 1. The van der Waals surface area contributed by atoms with Gasteiger partial charge in [-0.3, -0.25) is 4.79 Å². The summed E-state index contributed by atoms with van der Waals surface area (Å²) < 4.78 is 1.81. The number of halogens is 1. The molecule has 0 radical (unpaired) electrons. The van der Waals surface area contributed by atoms with E-state index in [2.05, 4.69) is 5.32 Å². The first-order valence-electron chi connectivity index (χ1n) is 10.3. The molecule has 1 atom stereocenters. The summed E-state index contributed by atoms with van der Waals surface area (Å²) in [6.07, 6.45) is 0. The molecule has 2 aliphatic heterocycles. The van der Waals surface area contributed by atoms with Crippen molar-refractivity contribution in [2.45, 2.75) is 13.0 Å². The molecular weight excluding hydrogens is 422 g/mol. The molecule has 156 valence electrons. The third-order valence-corrected chi connectivity index (χ3v) is 6.11. The minimum Gasteiger partial charge on any atom is -0.317 e. The van der Waals surface area contributed by atoms with Crippen molar-refractivity contribution in [1.82, 2.24) is 9.78 Å². The third kappa shape index (κ3) is 2.77. The number of hydrogen-bond donors (Lipinski definition) is 1. The molecule has 0 unspecified atom stereocenters. The van der Waals surface area contributed by atoms with Crippen LogP contribution in [0.3, 0.4) is 0 Å². The Morgan fingerprint density at radius 2 is 1.66 bits per heavy atom. The lowest BCUT2D eigenvalue weighted by atomic mass is 9.93. The molecule has 4 aromatic rings. The maximum absolute atomic E-state index is 13.2. The zero-order chi connectivity index (χ0) is 21.8. The standard InChI is InChI=1S/C25H18ClN5O/c1-15-21-22(16-11-13-17(26)14-12-16)30-20-10-6-5-9-19(20)27-25(32)24(30)28-23(21)31(29-15)18-7-3-2-4-8-18/h2-14,22H,1H3,(H,27,32)/t22-/m0/s1. The van der Waals surface area contributed by atoms with E-state index in [4.69, 9.17) is 21.7 Å². The molecule has 6 nitrogen and oxygen atoms in total. The number of benzene rings is 3. The molecule has 0 fully saturated rings. The highest BCUT2D eigenvalue weighted by Crippen LogP contribution is 2.47. The van der Waals surface area contributed by atoms with Gasteiger partial charge in [0.25, 0.3) is 5.91 Å². The summed E-state index contributed by atoms with van der Waals surface area (Å²) in [5.74, 6) is 0.759. The highest BCUT2D eigenvalue weighted by atomic mass is 35.5. The summed E-state index contributed by atoms with van der Waals surface area (Å²) in [5.41, 5.74) is 5.36. The van der Waals surface area contributed by atoms with Gasteiger partial charge in [-0.2, -0.15) is 5.10 Å². The van der Waals surface area contributed by atoms with Crippen LogP contribution < -0.4 is 10.2 Å². The molecular formula is C25H18ClN5O. The van der Waals surface area contributed by atoms with Crippen LogP contribution in [0, 0.1) is 6.92 Å². The number of nitrogens with one attached hydrogen (secondary N) is 1. The van der Waals surface area contributed by atoms with E-state index < -0.39 is 0 Å². The fraction of sp³-hybridized carbons (Fsp3) is 0.0800. The Hall–Kier alpha value is -3.90. The number of amides is 1. The summed E-state index contributed by atoms with van der Waals surface area (Å²) in [6, 6.07) is 25.1. The molecule has 0 saturated carbocycles. The van der Waals surface area contributed by atoms with E-state index in [1.54, 1.807) is 0 Å². The molecule has 0 aliphatic carbocycles. The molecule has 32 heavy (non-hydrogen) atoms. The minimum atomic E-state index is -0.278. The number of anilines is 2. The fourth-order valence-corrected chi connectivity index (χ4v) is 4.58. The quantitative estimate of drug-likeness (QED) is 0.453. The Bertz CT molecular complexity index is 1390. The van der Waals surface area contributed by atoms with Gasteiger partial charge in [0.15, 0.2) is 5.82 Å². The van der Waals surface area contributed by atoms with Crippen LogP contribution in [0.2, 0.25) is 5.02 Å². The van der Waals surface area contributed by atoms with Crippen molar-refractivity contribution in [3.05, 3.63) is 101 Å². The lowest BCUT2D eigenvalue weighted by Gasteiger charge is -2.40. The second kappa shape index (κ2) is 7.07. The van der Waals surface area contributed by atoms with Crippen LogP contribution in [0.1, 0.15) is 22.9 Å². The second-order valence-corrected chi connectivity index (χ2v) is 8.24. The van der Waals surface area contributed by atoms with Gasteiger partial charge in [-0.25, -0.2) is 9.67 Å². The zero-order valence-electron chi connectivity index (χ0n) is 17.2. The molecule has 1 aromatic heterocycles. The van der Waals surface area contributed by atoms with Crippen LogP contribution in [-0.2, 0) is 4.79 Å². The van der Waals surface area contributed by atoms with Crippen molar-refractivity contribution < 1.29 is 4.79 Å². The monoisotopic (exact) mass is 439 g/mol. The molecule has 1 amide bonds. The number of rotatable bonds is 2. The van der Waals surface area contributed by atoms with Gasteiger partial charge >= 0.3 is 0 Å². The Morgan fingerprint density at radius 1 is 0.938 bits per heavy atom. The molecule has 0 saturated heterocycles. The van der Waals surface area contributed by atoms with Gasteiger partial charge in [-0.1, -0.05) is 54.1 Å². The molecule has 7 heteroatoms. The van der Waals surface area contributed by atoms with Gasteiger partial charge in [0, 0.05) is 10.6 Å². The van der Waals surface area contributed by atoms with Crippen LogP contribution in [0.4, 0.5) is 17.2 Å². The number of hydrogen-bond acceptors (Lipinski definition) is 4. The van der Waals surface area contributed by atoms with Crippen molar-refractivity contribution in [3.63, 3.8) is 0 Å². The van der Waals surface area contributed by atoms with Gasteiger partial charge in [0.05, 0.1) is 28.8 Å². The van der Waals surface area contributed by atoms with E-state index in [1.165, 1.54) is 0 Å². The summed E-state index contributed by atoms with van der Waals surface area (Å²) in [7, 11) is 0. The first-order chi connectivity index (χ1) is 15.6. The van der Waals surface area contributed by atoms with Crippen LogP contribution in [0.5, 0.6) is 0 Å². The van der Waals surface area contributed by atoms with Crippen LogP contribution >= 0.6 is 11.6 Å². The lowest BCUT2D eigenvalue weighted by molar-refractivity contribution is -0.110. The predicted octanol–water partition coefficient (Wildman–Crippen LogP) is 5.43. The van der Waals surface area contributed by atoms with E-state index in [-0.39, 0.29) is 11.9 Å². The topological polar surface area (TPSA) is 62.5 Å². The van der Waals surface area contributed by atoms with Crippen LogP contribution in [-0.4, -0.2) is 21.5 Å². The molecule has 1 N–H and O–H groups in total. The fourth-order valence-electron chi connectivity index (χ4n) is 4.45. The van der Waals surface area contributed by atoms with Crippen LogP contribution in [0.15, 0.2) is 83.9 Å². The SMILES string of the molecule is Cc1nn(-c2ccccc2)c2c1[C@H](c1ccc(Cl)cc1)N1C(=N2)C(=O)Nc2ccccc21. The maximum Gasteiger partial charge on any atom is 0.291 e. The molecule has 3 aromatic carbocycles. The van der Waals surface area contributed by atoms with E-state index in [9.17, 15) is 4.79 Å². The number of nitrogens with zero attached hydrogens (tertiary/aromatic N) is 4. The number of fused-ring (bicyclic) bond motifs is 4. The van der Waals surface area contributed by atoms with Crippen molar-refractivity contribution in [2.75, 3.05) is 10.2 Å². The highest BCUT2D eigenvalue weighted by Gasteiger charge is 2.42. The Kier molecular flexibility index (Phi) is 4.16. The Morgan fingerprint density at radius 3 is 2.44 bits per heavy atom. The molecule has 3 heterocycles. The van der Waals surface area contributed by atoms with Crippen molar-refractivity contribution in [3.8, 4) is 5.69 Å². The minimum absolute atomic E-state index is 0.244. The van der Waals surface area contributed by atoms with Gasteiger partial charge in [-0.05, 0) is 48.9 Å². The summed E-state index contributed by atoms with van der Waals surface area (Å²) in [4.78, 5) is 20.0. The molecule has 0 bridgehead atoms. The number of aryl methyl sites for hydroxylation is 1. The number of amidine groups is 1. The highest BCUT2D eigenvalue weighted by molar-refractivity contribution is 6.50. The van der Waals surface area contributed by atoms with Gasteiger partial charge in [0.2, 0.25) is 5.84 Å². The van der Waals surface area contributed by atoms with E-state index in [1.807, 2.05) is 95.4 Å².